The van der Waals surface area contributed by atoms with Gasteiger partial charge in [-0.2, -0.15) is 0 Å². The Bertz CT molecular complexity index is 725. The smallest absolute Gasteiger partial charge is 0.265 e. The van der Waals surface area contributed by atoms with Crippen molar-refractivity contribution >= 4 is 37.8 Å². The molecule has 108 valence electrons. The summed E-state index contributed by atoms with van der Waals surface area (Å²) in [5.74, 6) is 0. The zero-order valence-corrected chi connectivity index (χ0v) is 13.3. The normalized spacial score (nSPS) is 14.5. The van der Waals surface area contributed by atoms with Crippen molar-refractivity contribution in [1.29, 1.82) is 0 Å². The molecule has 2 heterocycles. The number of hydrogen-bond donors (Lipinski definition) is 2. The lowest BCUT2D eigenvalue weighted by molar-refractivity contribution is 0.282. The van der Waals surface area contributed by atoms with Gasteiger partial charge in [-0.3, -0.25) is 4.72 Å². The molecule has 2 aromatic heterocycles. The predicted molar refractivity (Wildman–Crippen MR) is 79.9 cm³/mol. The first-order valence-electron chi connectivity index (χ1n) is 6.20. The number of fused-ring (bicyclic) bond motifs is 1. The van der Waals surface area contributed by atoms with Gasteiger partial charge in [-0.25, -0.2) is 13.4 Å². The second-order valence-electron chi connectivity index (χ2n) is 4.68. The molecule has 0 saturated carbocycles. The van der Waals surface area contributed by atoms with Crippen molar-refractivity contribution in [1.82, 2.24) is 4.98 Å². The zero-order chi connectivity index (χ0) is 14.3. The summed E-state index contributed by atoms with van der Waals surface area (Å²) in [7, 11) is -3.68. The summed E-state index contributed by atoms with van der Waals surface area (Å²) in [6, 6.07) is 0. The quantitative estimate of drug-likeness (QED) is 0.901. The average Bonchev–Trinajstić information content (AvgIpc) is 3.02. The Labute approximate surface area is 125 Å². The van der Waals surface area contributed by atoms with Crippen molar-refractivity contribution in [3.05, 3.63) is 26.4 Å². The first kappa shape index (κ1) is 14.0. The second-order valence-corrected chi connectivity index (χ2v) is 8.34. The van der Waals surface area contributed by atoms with Crippen molar-refractivity contribution in [3.63, 3.8) is 0 Å². The van der Waals surface area contributed by atoms with Crippen LogP contribution in [0.3, 0.4) is 0 Å². The fourth-order valence-corrected chi connectivity index (χ4v) is 6.31. The summed E-state index contributed by atoms with van der Waals surface area (Å²) in [6.45, 7) is 1.45. The third-order valence-corrected chi connectivity index (χ3v) is 7.21. The van der Waals surface area contributed by atoms with Crippen LogP contribution in [0.1, 0.15) is 27.4 Å². The monoisotopic (exact) mass is 330 g/mol. The van der Waals surface area contributed by atoms with E-state index in [2.05, 4.69) is 9.71 Å². The van der Waals surface area contributed by atoms with Gasteiger partial charge in [0.25, 0.3) is 10.0 Å². The van der Waals surface area contributed by atoms with Crippen LogP contribution in [0.25, 0.3) is 0 Å². The number of aliphatic hydroxyl groups is 1. The molecule has 0 unspecified atom stereocenters. The molecule has 0 radical (unpaired) electrons. The fourth-order valence-electron chi connectivity index (χ4n) is 2.36. The van der Waals surface area contributed by atoms with Crippen molar-refractivity contribution in [2.24, 2.45) is 0 Å². The summed E-state index contributed by atoms with van der Waals surface area (Å²) in [4.78, 5) is 6.15. The van der Waals surface area contributed by atoms with Crippen molar-refractivity contribution in [3.8, 4) is 0 Å². The number of nitrogens with one attached hydrogen (secondary N) is 1. The molecule has 2 aromatic rings. The van der Waals surface area contributed by atoms with E-state index in [9.17, 15) is 13.5 Å². The molecule has 0 bridgehead atoms. The highest BCUT2D eigenvalue weighted by Crippen LogP contribution is 2.33. The molecule has 0 aromatic carbocycles. The number of anilines is 1. The van der Waals surface area contributed by atoms with Crippen molar-refractivity contribution in [2.45, 2.75) is 37.7 Å². The number of aryl methyl sites for hydroxylation is 3. The van der Waals surface area contributed by atoms with Gasteiger partial charge in [-0.05, 0) is 37.1 Å². The Morgan fingerprint density at radius 1 is 1.45 bits per heavy atom. The molecule has 0 saturated heterocycles. The van der Waals surface area contributed by atoms with Gasteiger partial charge in [-0.15, -0.1) is 22.7 Å². The van der Waals surface area contributed by atoms with E-state index < -0.39 is 10.0 Å². The number of sulfonamides is 1. The van der Waals surface area contributed by atoms with Gasteiger partial charge in [0.05, 0.1) is 17.2 Å². The highest BCUT2D eigenvalue weighted by molar-refractivity contribution is 7.93. The van der Waals surface area contributed by atoms with E-state index in [1.807, 2.05) is 0 Å². The van der Waals surface area contributed by atoms with Crippen molar-refractivity contribution in [2.75, 3.05) is 4.72 Å². The van der Waals surface area contributed by atoms with Gasteiger partial charge in [-0.1, -0.05) is 0 Å². The molecule has 5 nitrogen and oxygen atoms in total. The molecule has 0 spiro atoms. The maximum atomic E-state index is 12.4. The minimum absolute atomic E-state index is 0.181. The lowest BCUT2D eigenvalue weighted by atomic mass is 10.3. The van der Waals surface area contributed by atoms with Crippen LogP contribution in [-0.4, -0.2) is 18.5 Å². The maximum absolute atomic E-state index is 12.4. The minimum atomic E-state index is -3.68. The van der Waals surface area contributed by atoms with Crippen LogP contribution in [0.15, 0.2) is 10.3 Å². The number of thiazole rings is 1. The summed E-state index contributed by atoms with van der Waals surface area (Å²) < 4.78 is 27.4. The lowest BCUT2D eigenvalue weighted by Gasteiger charge is -2.07. The van der Waals surface area contributed by atoms with Gasteiger partial charge >= 0.3 is 0 Å². The first-order valence-corrected chi connectivity index (χ1v) is 9.38. The van der Waals surface area contributed by atoms with Gasteiger partial charge < -0.3 is 5.11 Å². The lowest BCUT2D eigenvalue weighted by Crippen LogP contribution is -2.14. The van der Waals surface area contributed by atoms with Crippen molar-refractivity contribution < 1.29 is 13.5 Å². The SMILES string of the molecule is Cc1csc(CO)c1S(=O)(=O)Nc1nc2c(s1)CCC2. The third-order valence-electron chi connectivity index (χ3n) is 3.22. The topological polar surface area (TPSA) is 79.3 Å². The summed E-state index contributed by atoms with van der Waals surface area (Å²) in [5.41, 5.74) is 1.66. The Morgan fingerprint density at radius 2 is 2.25 bits per heavy atom. The number of thiophene rings is 1. The van der Waals surface area contributed by atoms with E-state index in [1.165, 1.54) is 27.6 Å². The third kappa shape index (κ3) is 2.37. The van der Waals surface area contributed by atoms with Crippen LogP contribution < -0.4 is 4.72 Å². The maximum Gasteiger partial charge on any atom is 0.265 e. The van der Waals surface area contributed by atoms with Crippen LogP contribution in [0.4, 0.5) is 5.13 Å². The van der Waals surface area contributed by atoms with Gasteiger partial charge in [0.15, 0.2) is 5.13 Å². The minimum Gasteiger partial charge on any atom is -0.391 e. The van der Waals surface area contributed by atoms with E-state index in [-0.39, 0.29) is 11.5 Å². The number of aromatic nitrogens is 1. The molecular weight excluding hydrogens is 316 g/mol. The van der Waals surface area contributed by atoms with Crippen LogP contribution in [0.2, 0.25) is 0 Å². The van der Waals surface area contributed by atoms with E-state index >= 15 is 0 Å². The van der Waals surface area contributed by atoms with Gasteiger partial charge in [0, 0.05) is 4.88 Å². The van der Waals surface area contributed by atoms with E-state index in [1.54, 1.807) is 12.3 Å². The molecule has 1 aliphatic carbocycles. The Hall–Kier alpha value is -0.960. The Kier molecular flexibility index (Phi) is 3.57. The fraction of sp³-hybridized carbons (Fsp3) is 0.417. The van der Waals surface area contributed by atoms with Crippen LogP contribution in [0, 0.1) is 6.92 Å². The standard InChI is InChI=1S/C12H14N2O3S3/c1-7-6-18-10(5-15)11(7)20(16,17)14-12-13-8-3-2-4-9(8)19-12/h6,15H,2-5H2,1H3,(H,13,14). The van der Waals surface area contributed by atoms with E-state index in [0.29, 0.717) is 15.6 Å². The van der Waals surface area contributed by atoms with Gasteiger partial charge in [0.1, 0.15) is 4.90 Å². The molecule has 1 aliphatic rings. The number of rotatable bonds is 4. The highest BCUT2D eigenvalue weighted by atomic mass is 32.2. The molecule has 20 heavy (non-hydrogen) atoms. The number of hydrogen-bond acceptors (Lipinski definition) is 6. The average molecular weight is 330 g/mol. The molecule has 8 heteroatoms. The molecule has 2 N–H and O–H groups in total. The number of nitrogens with zero attached hydrogens (tertiary/aromatic N) is 1. The van der Waals surface area contributed by atoms with Crippen LogP contribution >= 0.6 is 22.7 Å². The Morgan fingerprint density at radius 3 is 2.95 bits per heavy atom. The second kappa shape index (κ2) is 5.10. The molecule has 0 aliphatic heterocycles. The van der Waals surface area contributed by atoms with Crippen LogP contribution in [0.5, 0.6) is 0 Å². The first-order chi connectivity index (χ1) is 9.51. The van der Waals surface area contributed by atoms with E-state index in [4.69, 9.17) is 0 Å². The summed E-state index contributed by atoms with van der Waals surface area (Å²) >= 11 is 2.66. The molecule has 0 amide bonds. The summed E-state index contributed by atoms with van der Waals surface area (Å²) in [5, 5.41) is 11.4. The molecule has 3 rings (SSSR count). The van der Waals surface area contributed by atoms with Crippen LogP contribution in [-0.2, 0) is 29.5 Å². The molecule has 0 fully saturated rings. The Balaban J connectivity index is 1.93. The number of aliphatic hydroxyl groups excluding tert-OH is 1. The zero-order valence-electron chi connectivity index (χ0n) is 10.8. The molecular formula is C12H14N2O3S3. The molecule has 0 atom stereocenters. The van der Waals surface area contributed by atoms with Gasteiger partial charge in [0.2, 0.25) is 0 Å². The largest absolute Gasteiger partial charge is 0.391 e. The van der Waals surface area contributed by atoms with E-state index in [0.717, 1.165) is 25.0 Å². The highest BCUT2D eigenvalue weighted by Gasteiger charge is 2.25. The predicted octanol–water partition coefficient (Wildman–Crippen LogP) is 2.29. The summed E-state index contributed by atoms with van der Waals surface area (Å²) in [6.07, 6.45) is 3.00.